The highest BCUT2D eigenvalue weighted by atomic mass is 32.2. The maximum Gasteiger partial charge on any atom is 0.329 e. The number of fused-ring (bicyclic) bond motifs is 1. The number of aromatic nitrogens is 2. The molecule has 1 aromatic heterocycles. The molecule has 152 valence electrons. The van der Waals surface area contributed by atoms with E-state index in [1.165, 1.54) is 28.6 Å². The summed E-state index contributed by atoms with van der Waals surface area (Å²) in [6.45, 7) is 14.6. The molecule has 0 amide bonds. The summed E-state index contributed by atoms with van der Waals surface area (Å²) >= 11 is 1.33. The topological polar surface area (TPSA) is 105 Å². The molecule has 7 nitrogen and oxygen atoms in total. The molecule has 3 N–H and O–H groups in total. The Morgan fingerprint density at radius 1 is 1.26 bits per heavy atom. The smallest absolute Gasteiger partial charge is 0.329 e. The Balaban J connectivity index is 1.93. The lowest BCUT2D eigenvalue weighted by Crippen LogP contribution is -2.44. The number of thioether (sulfide) groups is 1. The van der Waals surface area contributed by atoms with Crippen LogP contribution < -0.4 is 11.2 Å². The Hall–Kier alpha value is -0.873. The molecule has 0 bridgehead atoms. The van der Waals surface area contributed by atoms with Gasteiger partial charge in [-0.2, -0.15) is 0 Å². The van der Waals surface area contributed by atoms with Gasteiger partial charge in [-0.3, -0.25) is 14.3 Å². The van der Waals surface area contributed by atoms with Crippen molar-refractivity contribution in [3.05, 3.63) is 33.1 Å². The lowest BCUT2D eigenvalue weighted by atomic mass is 10.0. The van der Waals surface area contributed by atoms with E-state index in [1.54, 1.807) is 13.8 Å². The first kappa shape index (κ1) is 20.9. The second kappa shape index (κ2) is 5.82. The lowest BCUT2D eigenvalue weighted by Gasteiger charge is -2.38. The average Bonchev–Trinajstić information content (AvgIpc) is 2.75. The summed E-state index contributed by atoms with van der Waals surface area (Å²) in [5.74, 6) is 0. The van der Waals surface area contributed by atoms with Gasteiger partial charge < -0.3 is 14.6 Å². The van der Waals surface area contributed by atoms with E-state index in [9.17, 15) is 19.8 Å². The molecule has 1 aliphatic heterocycles. The molecule has 0 radical (unpaired) electrons. The SMILES string of the molecule is CC1(C)[C@]2(O)[C@H](n3ccc(=O)[nH]c3=O)S[C@H](CO[Si](C)(C)C(C)(C)C)[C@]12O. The van der Waals surface area contributed by atoms with Gasteiger partial charge in [-0.25, -0.2) is 4.79 Å². The molecule has 1 saturated carbocycles. The largest absolute Gasteiger partial charge is 0.416 e. The zero-order valence-corrected chi connectivity index (χ0v) is 18.8. The van der Waals surface area contributed by atoms with E-state index in [0.717, 1.165) is 0 Å². The van der Waals surface area contributed by atoms with Crippen molar-refractivity contribution in [2.75, 3.05) is 6.61 Å². The van der Waals surface area contributed by atoms with Crippen LogP contribution in [0.3, 0.4) is 0 Å². The van der Waals surface area contributed by atoms with Crippen LogP contribution in [-0.2, 0) is 4.43 Å². The van der Waals surface area contributed by atoms with Crippen molar-refractivity contribution in [2.24, 2.45) is 5.41 Å². The minimum absolute atomic E-state index is 0.0313. The van der Waals surface area contributed by atoms with Crippen LogP contribution >= 0.6 is 11.8 Å². The van der Waals surface area contributed by atoms with Crippen LogP contribution in [-0.4, -0.2) is 51.1 Å². The van der Waals surface area contributed by atoms with Crippen LogP contribution in [0.15, 0.2) is 21.9 Å². The zero-order valence-electron chi connectivity index (χ0n) is 17.0. The van der Waals surface area contributed by atoms with E-state index in [4.69, 9.17) is 4.43 Å². The second-order valence-electron chi connectivity index (χ2n) is 9.72. The molecule has 2 aliphatic rings. The van der Waals surface area contributed by atoms with Crippen LogP contribution in [0.4, 0.5) is 0 Å². The van der Waals surface area contributed by atoms with Gasteiger partial charge >= 0.3 is 5.69 Å². The van der Waals surface area contributed by atoms with Crippen LogP contribution in [0.1, 0.15) is 40.0 Å². The molecule has 2 fully saturated rings. The monoisotopic (exact) mass is 414 g/mol. The minimum atomic E-state index is -2.03. The summed E-state index contributed by atoms with van der Waals surface area (Å²) in [5.41, 5.74) is -4.73. The molecule has 1 aliphatic carbocycles. The number of hydrogen-bond donors (Lipinski definition) is 3. The number of aromatic amines is 1. The first-order chi connectivity index (χ1) is 12.1. The summed E-state index contributed by atoms with van der Waals surface area (Å²) in [5, 5.41) is 21.7. The molecule has 0 spiro atoms. The normalized spacial score (nSPS) is 35.1. The van der Waals surface area contributed by atoms with E-state index in [0.29, 0.717) is 6.61 Å². The number of nitrogens with one attached hydrogen (secondary N) is 1. The van der Waals surface area contributed by atoms with Gasteiger partial charge in [-0.15, -0.1) is 11.8 Å². The number of hydrogen-bond acceptors (Lipinski definition) is 6. The fraction of sp³-hybridized carbons (Fsp3) is 0.778. The molecule has 4 atom stereocenters. The summed E-state index contributed by atoms with van der Waals surface area (Å²) in [7, 11) is -2.03. The van der Waals surface area contributed by atoms with Crippen molar-refractivity contribution >= 4 is 20.1 Å². The van der Waals surface area contributed by atoms with Crippen LogP contribution in [0.5, 0.6) is 0 Å². The van der Waals surface area contributed by atoms with Crippen molar-refractivity contribution in [1.82, 2.24) is 9.55 Å². The molecule has 1 aromatic rings. The summed E-state index contributed by atoms with van der Waals surface area (Å²) in [6, 6.07) is 1.25. The minimum Gasteiger partial charge on any atom is -0.416 e. The quantitative estimate of drug-likeness (QED) is 0.648. The molecule has 0 unspecified atom stereocenters. The van der Waals surface area contributed by atoms with Crippen LogP contribution in [0.2, 0.25) is 18.1 Å². The zero-order chi connectivity index (χ0) is 20.6. The maximum atomic E-state index is 12.3. The predicted octanol–water partition coefficient (Wildman–Crippen LogP) is 1.67. The Morgan fingerprint density at radius 2 is 1.85 bits per heavy atom. The van der Waals surface area contributed by atoms with E-state index in [2.05, 4.69) is 38.8 Å². The van der Waals surface area contributed by atoms with E-state index in [-0.39, 0.29) is 10.3 Å². The third-order valence-electron chi connectivity index (χ3n) is 7.05. The molecular weight excluding hydrogens is 384 g/mol. The van der Waals surface area contributed by atoms with Crippen LogP contribution in [0.25, 0.3) is 0 Å². The van der Waals surface area contributed by atoms with Gasteiger partial charge in [0.15, 0.2) is 8.32 Å². The fourth-order valence-corrected chi connectivity index (χ4v) is 7.17. The predicted molar refractivity (Wildman–Crippen MR) is 109 cm³/mol. The third-order valence-corrected chi connectivity index (χ3v) is 13.2. The van der Waals surface area contributed by atoms with Crippen molar-refractivity contribution in [1.29, 1.82) is 0 Å². The van der Waals surface area contributed by atoms with Gasteiger partial charge in [0, 0.05) is 24.3 Å². The van der Waals surface area contributed by atoms with E-state index < -0.39 is 41.6 Å². The van der Waals surface area contributed by atoms with Crippen LogP contribution in [0, 0.1) is 5.41 Å². The van der Waals surface area contributed by atoms with Gasteiger partial charge in [0.2, 0.25) is 0 Å². The third kappa shape index (κ3) is 2.58. The van der Waals surface area contributed by atoms with E-state index >= 15 is 0 Å². The van der Waals surface area contributed by atoms with Crippen molar-refractivity contribution < 1.29 is 14.6 Å². The highest BCUT2D eigenvalue weighted by molar-refractivity contribution is 8.00. The van der Waals surface area contributed by atoms with Gasteiger partial charge in [-0.05, 0) is 18.1 Å². The number of rotatable bonds is 4. The first-order valence-corrected chi connectivity index (χ1v) is 13.0. The highest BCUT2D eigenvalue weighted by Crippen LogP contribution is 2.79. The molecule has 2 heterocycles. The van der Waals surface area contributed by atoms with Gasteiger partial charge in [-0.1, -0.05) is 34.6 Å². The Kier molecular flexibility index (Phi) is 4.50. The molecule has 1 saturated heterocycles. The maximum absolute atomic E-state index is 12.3. The molecule has 3 rings (SSSR count). The number of nitrogens with zero attached hydrogens (tertiary/aromatic N) is 1. The van der Waals surface area contributed by atoms with Gasteiger partial charge in [0.05, 0.1) is 5.25 Å². The molecule has 9 heteroatoms. The standard InChI is InChI=1S/C18H30N2O5SSi/c1-15(2,3)27(6,7)25-10-11-17(23)16(4,5)18(17,24)13(26-11)20-9-8-12(21)19-14(20)22/h8-9,11,13,23-24H,10H2,1-7H3,(H,19,21,22)/t11-,13-,17+,18-/m1/s1. The molecule has 0 aromatic carbocycles. The number of H-pyrrole nitrogens is 1. The number of aliphatic hydroxyl groups is 2. The summed E-state index contributed by atoms with van der Waals surface area (Å²) in [4.78, 5) is 25.9. The van der Waals surface area contributed by atoms with Gasteiger partial charge in [0.25, 0.3) is 5.56 Å². The van der Waals surface area contributed by atoms with E-state index in [1.807, 2.05) is 0 Å². The molecular formula is C18H30N2O5SSi. The fourth-order valence-electron chi connectivity index (χ4n) is 3.93. The summed E-state index contributed by atoms with van der Waals surface area (Å²) < 4.78 is 7.62. The Labute approximate surface area is 164 Å². The second-order valence-corrected chi connectivity index (χ2v) is 15.8. The highest BCUT2D eigenvalue weighted by Gasteiger charge is 2.91. The average molecular weight is 415 g/mol. The first-order valence-electron chi connectivity index (χ1n) is 9.17. The Morgan fingerprint density at radius 3 is 2.37 bits per heavy atom. The molecule has 27 heavy (non-hydrogen) atoms. The Bertz CT molecular complexity index is 873. The van der Waals surface area contributed by atoms with Gasteiger partial charge in [0.1, 0.15) is 16.6 Å². The summed E-state index contributed by atoms with van der Waals surface area (Å²) in [6.07, 6.45) is 1.38. The lowest BCUT2D eigenvalue weighted by molar-refractivity contribution is 0.0108. The van der Waals surface area contributed by atoms with Crippen molar-refractivity contribution in [3.63, 3.8) is 0 Å². The van der Waals surface area contributed by atoms with Crippen molar-refractivity contribution in [3.8, 4) is 0 Å². The van der Waals surface area contributed by atoms with Crippen molar-refractivity contribution in [2.45, 2.75) is 74.6 Å².